The summed E-state index contributed by atoms with van der Waals surface area (Å²) in [5, 5.41) is 0. The summed E-state index contributed by atoms with van der Waals surface area (Å²) in [6.45, 7) is 6.52. The number of rotatable bonds is 4. The number of halogens is 1. The van der Waals surface area contributed by atoms with Crippen molar-refractivity contribution in [3.8, 4) is 11.4 Å². The van der Waals surface area contributed by atoms with E-state index in [1.165, 1.54) is 5.56 Å². The molecule has 0 atom stereocenters. The summed E-state index contributed by atoms with van der Waals surface area (Å²) in [6, 6.07) is 8.26. The van der Waals surface area contributed by atoms with E-state index in [4.69, 9.17) is 10.7 Å². The minimum atomic E-state index is 0.548. The van der Waals surface area contributed by atoms with Crippen molar-refractivity contribution < 1.29 is 0 Å². The lowest BCUT2D eigenvalue weighted by Crippen LogP contribution is -2.08. The first kappa shape index (κ1) is 15.2. The van der Waals surface area contributed by atoms with Crippen LogP contribution in [0.5, 0.6) is 0 Å². The van der Waals surface area contributed by atoms with E-state index in [9.17, 15) is 0 Å². The lowest BCUT2D eigenvalue weighted by Gasteiger charge is -2.12. The second kappa shape index (κ2) is 6.52. The molecule has 0 unspecified atom stereocenters. The summed E-state index contributed by atoms with van der Waals surface area (Å²) in [5.74, 6) is 1.88. The van der Waals surface area contributed by atoms with Gasteiger partial charge in [-0.15, -0.1) is 0 Å². The molecular weight excluding hydrogens is 361 g/mol. The molecule has 0 saturated heterocycles. The minimum absolute atomic E-state index is 0.548. The van der Waals surface area contributed by atoms with Crippen LogP contribution in [0.3, 0.4) is 0 Å². The third kappa shape index (κ3) is 3.29. The van der Waals surface area contributed by atoms with E-state index in [2.05, 4.69) is 60.5 Å². The zero-order valence-electron chi connectivity index (χ0n) is 12.2. The number of hydrogen-bond donors (Lipinski definition) is 1. The van der Waals surface area contributed by atoms with E-state index in [0.717, 1.165) is 33.5 Å². The molecule has 4 heteroatoms. The van der Waals surface area contributed by atoms with Gasteiger partial charge in [-0.2, -0.15) is 0 Å². The third-order valence-corrected chi connectivity index (χ3v) is 4.36. The van der Waals surface area contributed by atoms with Gasteiger partial charge in [0.05, 0.1) is 9.26 Å². The topological polar surface area (TPSA) is 51.8 Å². The summed E-state index contributed by atoms with van der Waals surface area (Å²) in [6.07, 6.45) is 1.89. The number of nitrogens with two attached hydrogens (primary N) is 1. The van der Waals surface area contributed by atoms with Crippen LogP contribution < -0.4 is 5.73 Å². The zero-order valence-corrected chi connectivity index (χ0v) is 14.3. The van der Waals surface area contributed by atoms with Crippen LogP contribution in [0.1, 0.15) is 32.0 Å². The summed E-state index contributed by atoms with van der Waals surface area (Å²) >= 11 is 2.24. The van der Waals surface area contributed by atoms with E-state index in [-0.39, 0.29) is 0 Å². The van der Waals surface area contributed by atoms with Crippen molar-refractivity contribution in [2.24, 2.45) is 5.92 Å². The van der Waals surface area contributed by atoms with Gasteiger partial charge in [0, 0.05) is 5.56 Å². The molecule has 1 heterocycles. The quantitative estimate of drug-likeness (QED) is 0.812. The molecule has 1 aromatic heterocycles. The minimum Gasteiger partial charge on any atom is -0.383 e. The second-order valence-corrected chi connectivity index (χ2v) is 6.38. The molecule has 2 N–H and O–H groups in total. The van der Waals surface area contributed by atoms with Gasteiger partial charge in [-0.1, -0.05) is 45.0 Å². The monoisotopic (exact) mass is 381 g/mol. The number of benzene rings is 1. The molecule has 106 valence electrons. The van der Waals surface area contributed by atoms with Crippen molar-refractivity contribution >= 4 is 28.4 Å². The average Bonchev–Trinajstić information content (AvgIpc) is 2.43. The molecular formula is C16H20IN3. The molecule has 0 aliphatic rings. The van der Waals surface area contributed by atoms with Crippen LogP contribution in [0.15, 0.2) is 24.3 Å². The summed E-state index contributed by atoms with van der Waals surface area (Å²) in [7, 11) is 0. The molecule has 0 saturated carbocycles. The normalized spacial score (nSPS) is 11.1. The largest absolute Gasteiger partial charge is 0.383 e. The Kier molecular flexibility index (Phi) is 4.96. The Labute approximate surface area is 134 Å². The first-order valence-corrected chi connectivity index (χ1v) is 8.01. The Morgan fingerprint density at radius 3 is 2.55 bits per heavy atom. The molecule has 0 radical (unpaired) electrons. The molecule has 0 fully saturated rings. The summed E-state index contributed by atoms with van der Waals surface area (Å²) in [4.78, 5) is 9.23. The van der Waals surface area contributed by atoms with Gasteiger partial charge >= 0.3 is 0 Å². The van der Waals surface area contributed by atoms with Crippen LogP contribution in [-0.4, -0.2) is 9.97 Å². The van der Waals surface area contributed by atoms with Gasteiger partial charge in [0.2, 0.25) is 0 Å². The molecule has 2 rings (SSSR count). The van der Waals surface area contributed by atoms with Gasteiger partial charge in [-0.25, -0.2) is 9.97 Å². The molecule has 3 nitrogen and oxygen atoms in total. The number of aromatic nitrogens is 2. The maximum atomic E-state index is 6.07. The van der Waals surface area contributed by atoms with E-state index in [1.54, 1.807) is 0 Å². The maximum absolute atomic E-state index is 6.07. The fourth-order valence-electron chi connectivity index (χ4n) is 2.20. The Balaban J connectivity index is 2.54. The van der Waals surface area contributed by atoms with Crippen LogP contribution in [0.4, 0.5) is 5.82 Å². The standard InChI is InChI=1S/C16H20IN3/c1-4-11-7-5-6-8-12(11)16-19-13(9-10(2)3)14(17)15(18)20-16/h5-8,10H,4,9H2,1-3H3,(H2,18,19,20). The number of hydrogen-bond acceptors (Lipinski definition) is 3. The maximum Gasteiger partial charge on any atom is 0.162 e. The van der Waals surface area contributed by atoms with Gasteiger partial charge in [-0.3, -0.25) is 0 Å². The van der Waals surface area contributed by atoms with Crippen LogP contribution in [0.25, 0.3) is 11.4 Å². The van der Waals surface area contributed by atoms with Crippen LogP contribution in [0.2, 0.25) is 0 Å². The Hall–Kier alpha value is -1.17. The smallest absolute Gasteiger partial charge is 0.162 e. The van der Waals surface area contributed by atoms with Gasteiger partial charge in [0.1, 0.15) is 5.82 Å². The van der Waals surface area contributed by atoms with E-state index in [0.29, 0.717) is 11.7 Å². The highest BCUT2D eigenvalue weighted by atomic mass is 127. The number of nitrogen functional groups attached to an aromatic ring is 1. The average molecular weight is 381 g/mol. The molecule has 2 aromatic rings. The van der Waals surface area contributed by atoms with E-state index in [1.807, 2.05) is 12.1 Å². The summed E-state index contributed by atoms with van der Waals surface area (Å²) < 4.78 is 0.981. The fraction of sp³-hybridized carbons (Fsp3) is 0.375. The first-order valence-electron chi connectivity index (χ1n) is 6.93. The van der Waals surface area contributed by atoms with Gasteiger partial charge < -0.3 is 5.73 Å². The molecule has 20 heavy (non-hydrogen) atoms. The van der Waals surface area contributed by atoms with Crippen molar-refractivity contribution in [3.05, 3.63) is 39.1 Å². The Morgan fingerprint density at radius 2 is 1.90 bits per heavy atom. The van der Waals surface area contributed by atoms with Crippen LogP contribution >= 0.6 is 22.6 Å². The highest BCUT2D eigenvalue weighted by Gasteiger charge is 2.14. The molecule has 1 aromatic carbocycles. The molecule has 0 bridgehead atoms. The molecule has 0 amide bonds. The molecule has 0 aliphatic heterocycles. The number of anilines is 1. The van der Waals surface area contributed by atoms with Crippen molar-refractivity contribution in [3.63, 3.8) is 0 Å². The highest BCUT2D eigenvalue weighted by molar-refractivity contribution is 14.1. The third-order valence-electron chi connectivity index (χ3n) is 3.19. The lowest BCUT2D eigenvalue weighted by atomic mass is 10.0. The van der Waals surface area contributed by atoms with Crippen molar-refractivity contribution in [1.82, 2.24) is 9.97 Å². The predicted octanol–water partition coefficient (Wildman–Crippen LogP) is 4.09. The van der Waals surface area contributed by atoms with Crippen molar-refractivity contribution in [2.45, 2.75) is 33.6 Å². The lowest BCUT2D eigenvalue weighted by molar-refractivity contribution is 0.632. The second-order valence-electron chi connectivity index (χ2n) is 5.30. The first-order chi connectivity index (χ1) is 9.52. The predicted molar refractivity (Wildman–Crippen MR) is 92.5 cm³/mol. The zero-order chi connectivity index (χ0) is 14.7. The number of aryl methyl sites for hydroxylation is 1. The van der Waals surface area contributed by atoms with E-state index < -0.39 is 0 Å². The Bertz CT molecular complexity index is 609. The highest BCUT2D eigenvalue weighted by Crippen LogP contribution is 2.26. The van der Waals surface area contributed by atoms with Gasteiger partial charge in [-0.05, 0) is 46.9 Å². The molecule has 0 aliphatic carbocycles. The van der Waals surface area contributed by atoms with Gasteiger partial charge in [0.15, 0.2) is 5.82 Å². The van der Waals surface area contributed by atoms with Crippen molar-refractivity contribution in [2.75, 3.05) is 5.73 Å². The fourth-order valence-corrected chi connectivity index (χ4v) is 2.66. The Morgan fingerprint density at radius 1 is 1.20 bits per heavy atom. The van der Waals surface area contributed by atoms with E-state index >= 15 is 0 Å². The number of nitrogens with zero attached hydrogens (tertiary/aromatic N) is 2. The SMILES string of the molecule is CCc1ccccc1-c1nc(N)c(I)c(CC(C)C)n1. The van der Waals surface area contributed by atoms with Crippen LogP contribution in [0, 0.1) is 9.49 Å². The van der Waals surface area contributed by atoms with Crippen LogP contribution in [-0.2, 0) is 12.8 Å². The molecule has 0 spiro atoms. The van der Waals surface area contributed by atoms with Gasteiger partial charge in [0.25, 0.3) is 0 Å². The summed E-state index contributed by atoms with van der Waals surface area (Å²) in [5.41, 5.74) is 9.46. The van der Waals surface area contributed by atoms with Crippen molar-refractivity contribution in [1.29, 1.82) is 0 Å².